The predicted molar refractivity (Wildman–Crippen MR) is 80.9 cm³/mol. The molecule has 0 N–H and O–H groups in total. The highest BCUT2D eigenvalue weighted by Crippen LogP contribution is 2.19. The number of rotatable bonds is 7. The van der Waals surface area contributed by atoms with Crippen molar-refractivity contribution < 1.29 is 4.74 Å². The molecule has 1 aliphatic heterocycles. The van der Waals surface area contributed by atoms with Crippen LogP contribution >= 0.6 is 0 Å². The van der Waals surface area contributed by atoms with Gasteiger partial charge in [-0.25, -0.2) is 0 Å². The lowest BCUT2D eigenvalue weighted by Gasteiger charge is -2.14. The van der Waals surface area contributed by atoms with Crippen LogP contribution in [0.1, 0.15) is 43.2 Å². The summed E-state index contributed by atoms with van der Waals surface area (Å²) >= 11 is 0. The SMILES string of the molecule is Cc1ccc(OCCCCCN2CCCC2)c(C)c1. The molecule has 1 fully saturated rings. The van der Waals surface area contributed by atoms with Gasteiger partial charge in [-0.05, 0) is 77.2 Å². The van der Waals surface area contributed by atoms with Crippen LogP contribution in [0.3, 0.4) is 0 Å². The number of aryl methyl sites for hydroxylation is 2. The number of likely N-dealkylation sites (tertiary alicyclic amines) is 1. The third-order valence-electron chi connectivity index (χ3n) is 3.91. The van der Waals surface area contributed by atoms with E-state index in [1.165, 1.54) is 62.9 Å². The number of nitrogens with zero attached hydrogens (tertiary/aromatic N) is 1. The van der Waals surface area contributed by atoms with Crippen LogP contribution in [0.2, 0.25) is 0 Å². The molecule has 2 nitrogen and oxygen atoms in total. The average molecular weight is 261 g/mol. The van der Waals surface area contributed by atoms with E-state index in [4.69, 9.17) is 4.74 Å². The quantitative estimate of drug-likeness (QED) is 0.689. The molecule has 19 heavy (non-hydrogen) atoms. The summed E-state index contributed by atoms with van der Waals surface area (Å²) in [5.41, 5.74) is 2.55. The van der Waals surface area contributed by atoms with Gasteiger partial charge in [0.25, 0.3) is 0 Å². The van der Waals surface area contributed by atoms with Crippen molar-refractivity contribution in [3.05, 3.63) is 29.3 Å². The van der Waals surface area contributed by atoms with Gasteiger partial charge in [0.2, 0.25) is 0 Å². The smallest absolute Gasteiger partial charge is 0.122 e. The van der Waals surface area contributed by atoms with E-state index in [-0.39, 0.29) is 0 Å². The normalized spacial score (nSPS) is 15.9. The van der Waals surface area contributed by atoms with Crippen LogP contribution in [0.15, 0.2) is 18.2 Å². The van der Waals surface area contributed by atoms with Gasteiger partial charge in [0.1, 0.15) is 5.75 Å². The van der Waals surface area contributed by atoms with Gasteiger partial charge in [-0.1, -0.05) is 17.7 Å². The summed E-state index contributed by atoms with van der Waals surface area (Å²) in [6, 6.07) is 6.40. The molecule has 0 amide bonds. The maximum atomic E-state index is 5.85. The van der Waals surface area contributed by atoms with Crippen molar-refractivity contribution in [3.8, 4) is 5.75 Å². The molecule has 2 heteroatoms. The molecule has 1 aromatic carbocycles. The van der Waals surface area contributed by atoms with Crippen molar-refractivity contribution in [2.45, 2.75) is 46.0 Å². The molecule has 0 atom stereocenters. The van der Waals surface area contributed by atoms with Crippen LogP contribution in [0.5, 0.6) is 5.75 Å². The molecule has 1 heterocycles. The molecule has 1 saturated heterocycles. The molecule has 2 rings (SSSR count). The summed E-state index contributed by atoms with van der Waals surface area (Å²) < 4.78 is 5.85. The van der Waals surface area contributed by atoms with E-state index in [0.717, 1.165) is 12.4 Å². The maximum absolute atomic E-state index is 5.85. The van der Waals surface area contributed by atoms with E-state index >= 15 is 0 Å². The second-order valence-corrected chi connectivity index (χ2v) is 5.73. The van der Waals surface area contributed by atoms with Gasteiger partial charge >= 0.3 is 0 Å². The van der Waals surface area contributed by atoms with Gasteiger partial charge < -0.3 is 9.64 Å². The molecule has 0 spiro atoms. The monoisotopic (exact) mass is 261 g/mol. The third-order valence-corrected chi connectivity index (χ3v) is 3.91. The first-order valence-electron chi connectivity index (χ1n) is 7.68. The van der Waals surface area contributed by atoms with E-state index < -0.39 is 0 Å². The average Bonchev–Trinajstić information content (AvgIpc) is 2.89. The second-order valence-electron chi connectivity index (χ2n) is 5.73. The molecule has 106 valence electrons. The van der Waals surface area contributed by atoms with Crippen LogP contribution in [-0.4, -0.2) is 31.1 Å². The Balaban J connectivity index is 1.56. The lowest BCUT2D eigenvalue weighted by Crippen LogP contribution is -2.20. The Kier molecular flexibility index (Phi) is 5.71. The number of hydrogen-bond acceptors (Lipinski definition) is 2. The molecule has 0 aliphatic carbocycles. The summed E-state index contributed by atoms with van der Waals surface area (Å²) in [4.78, 5) is 2.59. The van der Waals surface area contributed by atoms with Crippen LogP contribution in [-0.2, 0) is 0 Å². The zero-order chi connectivity index (χ0) is 13.5. The van der Waals surface area contributed by atoms with Crippen molar-refractivity contribution in [2.75, 3.05) is 26.2 Å². The fourth-order valence-electron chi connectivity index (χ4n) is 2.76. The summed E-state index contributed by atoms with van der Waals surface area (Å²) in [5.74, 6) is 1.05. The summed E-state index contributed by atoms with van der Waals surface area (Å²) in [7, 11) is 0. The summed E-state index contributed by atoms with van der Waals surface area (Å²) in [6.45, 7) is 9.01. The third kappa shape index (κ3) is 4.87. The minimum Gasteiger partial charge on any atom is -0.493 e. The first-order chi connectivity index (χ1) is 9.25. The molecule has 1 aromatic rings. The topological polar surface area (TPSA) is 12.5 Å². The van der Waals surface area contributed by atoms with E-state index in [9.17, 15) is 0 Å². The Morgan fingerprint density at radius 1 is 1.05 bits per heavy atom. The number of benzene rings is 1. The molecule has 0 bridgehead atoms. The molecular formula is C17H27NO. The lowest BCUT2D eigenvalue weighted by atomic mass is 10.1. The predicted octanol–water partition coefficient (Wildman–Crippen LogP) is 3.95. The van der Waals surface area contributed by atoms with Gasteiger partial charge in [-0.3, -0.25) is 0 Å². The number of ether oxygens (including phenoxy) is 1. The minimum atomic E-state index is 0.851. The Hall–Kier alpha value is -1.02. The zero-order valence-electron chi connectivity index (χ0n) is 12.5. The molecule has 0 aromatic heterocycles. The largest absolute Gasteiger partial charge is 0.493 e. The van der Waals surface area contributed by atoms with Crippen molar-refractivity contribution in [1.29, 1.82) is 0 Å². The van der Waals surface area contributed by atoms with Crippen molar-refractivity contribution in [1.82, 2.24) is 4.90 Å². The van der Waals surface area contributed by atoms with Gasteiger partial charge in [-0.15, -0.1) is 0 Å². The van der Waals surface area contributed by atoms with Crippen LogP contribution in [0.4, 0.5) is 0 Å². The molecule has 0 radical (unpaired) electrons. The highest BCUT2D eigenvalue weighted by atomic mass is 16.5. The van der Waals surface area contributed by atoms with Crippen molar-refractivity contribution in [3.63, 3.8) is 0 Å². The first kappa shape index (κ1) is 14.4. The van der Waals surface area contributed by atoms with E-state index in [0.29, 0.717) is 0 Å². The molecule has 0 unspecified atom stereocenters. The maximum Gasteiger partial charge on any atom is 0.122 e. The highest BCUT2D eigenvalue weighted by Gasteiger charge is 2.09. The van der Waals surface area contributed by atoms with Crippen molar-refractivity contribution >= 4 is 0 Å². The van der Waals surface area contributed by atoms with Crippen molar-refractivity contribution in [2.24, 2.45) is 0 Å². The molecule has 0 saturated carbocycles. The van der Waals surface area contributed by atoms with E-state index in [2.05, 4.69) is 36.9 Å². The van der Waals surface area contributed by atoms with Gasteiger partial charge in [0.15, 0.2) is 0 Å². The Morgan fingerprint density at radius 3 is 2.58 bits per heavy atom. The van der Waals surface area contributed by atoms with E-state index in [1.807, 2.05) is 0 Å². The zero-order valence-corrected chi connectivity index (χ0v) is 12.5. The fraction of sp³-hybridized carbons (Fsp3) is 0.647. The lowest BCUT2D eigenvalue weighted by molar-refractivity contribution is 0.289. The van der Waals surface area contributed by atoms with Crippen LogP contribution < -0.4 is 4.74 Å². The standard InChI is InChI=1S/C17H27NO/c1-15-8-9-17(16(2)14-15)19-13-7-3-4-10-18-11-5-6-12-18/h8-9,14H,3-7,10-13H2,1-2H3. The summed E-state index contributed by atoms with van der Waals surface area (Å²) in [6.07, 6.45) is 6.56. The first-order valence-corrected chi connectivity index (χ1v) is 7.68. The van der Waals surface area contributed by atoms with Gasteiger partial charge in [0.05, 0.1) is 6.61 Å². The fourth-order valence-corrected chi connectivity index (χ4v) is 2.76. The second kappa shape index (κ2) is 7.54. The molecular weight excluding hydrogens is 234 g/mol. The van der Waals surface area contributed by atoms with Gasteiger partial charge in [-0.2, -0.15) is 0 Å². The molecule has 1 aliphatic rings. The van der Waals surface area contributed by atoms with Crippen LogP contribution in [0.25, 0.3) is 0 Å². The van der Waals surface area contributed by atoms with E-state index in [1.54, 1.807) is 0 Å². The Morgan fingerprint density at radius 2 is 1.84 bits per heavy atom. The van der Waals surface area contributed by atoms with Crippen LogP contribution in [0, 0.1) is 13.8 Å². The highest BCUT2D eigenvalue weighted by molar-refractivity contribution is 5.35. The minimum absolute atomic E-state index is 0.851. The Bertz CT molecular complexity index is 383. The number of hydrogen-bond donors (Lipinski definition) is 0. The van der Waals surface area contributed by atoms with Gasteiger partial charge in [0, 0.05) is 0 Å². The number of unbranched alkanes of at least 4 members (excludes halogenated alkanes) is 2. The Labute approximate surface area is 117 Å². The summed E-state index contributed by atoms with van der Waals surface area (Å²) in [5, 5.41) is 0.